The fourth-order valence-electron chi connectivity index (χ4n) is 3.21. The number of hydrogen-bond donors (Lipinski definition) is 0. The van der Waals surface area contributed by atoms with Gasteiger partial charge in [0.05, 0.1) is 12.0 Å². The second-order valence-corrected chi connectivity index (χ2v) is 8.59. The number of aryl methyl sites for hydroxylation is 1. The molecule has 0 radical (unpaired) electrons. The molecule has 2 aromatic carbocycles. The topological polar surface area (TPSA) is 49.9 Å². The summed E-state index contributed by atoms with van der Waals surface area (Å²) in [5, 5.41) is 0. The van der Waals surface area contributed by atoms with E-state index in [4.69, 9.17) is 4.74 Å². The van der Waals surface area contributed by atoms with Gasteiger partial charge >= 0.3 is 0 Å². The molecule has 1 aliphatic rings. The number of hydrogen-bond acceptors (Lipinski definition) is 4. The zero-order valence-electron chi connectivity index (χ0n) is 15.8. The molecule has 27 heavy (non-hydrogen) atoms. The number of piperazine rings is 1. The van der Waals surface area contributed by atoms with Gasteiger partial charge in [0, 0.05) is 32.7 Å². The van der Waals surface area contributed by atoms with Crippen LogP contribution < -0.4 is 4.74 Å². The van der Waals surface area contributed by atoms with Crippen molar-refractivity contribution in [1.29, 1.82) is 0 Å². The number of rotatable bonds is 6. The van der Waals surface area contributed by atoms with Crippen LogP contribution in [0.5, 0.6) is 5.75 Å². The first-order valence-corrected chi connectivity index (χ1v) is 10.5. The first-order valence-electron chi connectivity index (χ1n) is 9.09. The molecule has 0 aromatic heterocycles. The molecule has 0 bridgehead atoms. The van der Waals surface area contributed by atoms with Crippen LogP contribution in [0.2, 0.25) is 0 Å². The van der Waals surface area contributed by atoms with Gasteiger partial charge in [0.25, 0.3) is 0 Å². The molecule has 1 heterocycles. The molecular formula is C21H26N2O3S. The normalized spacial score (nSPS) is 16.7. The molecule has 1 fully saturated rings. The van der Waals surface area contributed by atoms with E-state index in [0.29, 0.717) is 23.7 Å². The standard InChI is InChI=1S/C21H26N2O3S/c1-18-17-20(10-11-21(18)26-2)27(24,25)23-15-13-22(14-16-23)12-6-9-19-7-4-3-5-8-19/h3-11,17H,12-16H2,1-2H3. The van der Waals surface area contributed by atoms with Crippen LogP contribution in [0.1, 0.15) is 11.1 Å². The highest BCUT2D eigenvalue weighted by atomic mass is 32.2. The van der Waals surface area contributed by atoms with Gasteiger partial charge in [-0.15, -0.1) is 0 Å². The Morgan fingerprint density at radius 3 is 2.37 bits per heavy atom. The molecule has 1 aliphatic heterocycles. The van der Waals surface area contributed by atoms with Crippen LogP contribution in [0.4, 0.5) is 0 Å². The third kappa shape index (κ3) is 4.77. The van der Waals surface area contributed by atoms with Crippen molar-refractivity contribution in [1.82, 2.24) is 9.21 Å². The quantitative estimate of drug-likeness (QED) is 0.766. The molecule has 0 N–H and O–H groups in total. The van der Waals surface area contributed by atoms with Crippen LogP contribution in [0.15, 0.2) is 59.5 Å². The maximum Gasteiger partial charge on any atom is 0.243 e. The summed E-state index contributed by atoms with van der Waals surface area (Å²) in [5.74, 6) is 0.698. The summed E-state index contributed by atoms with van der Waals surface area (Å²) in [7, 11) is -1.88. The molecule has 3 rings (SSSR count). The van der Waals surface area contributed by atoms with Gasteiger partial charge in [-0.2, -0.15) is 4.31 Å². The van der Waals surface area contributed by atoms with Crippen molar-refractivity contribution in [2.75, 3.05) is 39.8 Å². The molecule has 5 nitrogen and oxygen atoms in total. The van der Waals surface area contributed by atoms with E-state index in [0.717, 1.165) is 25.2 Å². The molecule has 0 spiro atoms. The number of nitrogens with zero attached hydrogens (tertiary/aromatic N) is 2. The van der Waals surface area contributed by atoms with Crippen molar-refractivity contribution in [2.45, 2.75) is 11.8 Å². The minimum Gasteiger partial charge on any atom is -0.496 e. The van der Waals surface area contributed by atoms with E-state index in [1.165, 1.54) is 5.56 Å². The van der Waals surface area contributed by atoms with Crippen LogP contribution in [-0.4, -0.2) is 57.5 Å². The Bertz CT molecular complexity index is 887. The molecule has 144 valence electrons. The van der Waals surface area contributed by atoms with E-state index in [2.05, 4.69) is 29.2 Å². The predicted octanol–water partition coefficient (Wildman–Crippen LogP) is 3.02. The molecule has 0 atom stereocenters. The SMILES string of the molecule is COc1ccc(S(=O)(=O)N2CCN(CC=Cc3ccccc3)CC2)cc1C. The molecule has 0 saturated carbocycles. The van der Waals surface area contributed by atoms with Crippen LogP contribution >= 0.6 is 0 Å². The van der Waals surface area contributed by atoms with Gasteiger partial charge in [-0.3, -0.25) is 4.90 Å². The lowest BCUT2D eigenvalue weighted by molar-refractivity contribution is 0.204. The summed E-state index contributed by atoms with van der Waals surface area (Å²) >= 11 is 0. The largest absolute Gasteiger partial charge is 0.496 e. The van der Waals surface area contributed by atoms with E-state index < -0.39 is 10.0 Å². The van der Waals surface area contributed by atoms with E-state index in [9.17, 15) is 8.42 Å². The van der Waals surface area contributed by atoms with Gasteiger partial charge in [0.1, 0.15) is 5.75 Å². The van der Waals surface area contributed by atoms with Crippen molar-refractivity contribution in [2.24, 2.45) is 0 Å². The average molecular weight is 387 g/mol. The lowest BCUT2D eigenvalue weighted by Gasteiger charge is -2.33. The van der Waals surface area contributed by atoms with E-state index in [-0.39, 0.29) is 0 Å². The van der Waals surface area contributed by atoms with Gasteiger partial charge < -0.3 is 4.74 Å². The van der Waals surface area contributed by atoms with Crippen molar-refractivity contribution >= 4 is 16.1 Å². The van der Waals surface area contributed by atoms with Crippen LogP contribution in [0, 0.1) is 6.92 Å². The van der Waals surface area contributed by atoms with Crippen LogP contribution in [0.3, 0.4) is 0 Å². The summed E-state index contributed by atoms with van der Waals surface area (Å²) in [6.07, 6.45) is 4.23. The van der Waals surface area contributed by atoms with Crippen LogP contribution in [-0.2, 0) is 10.0 Å². The van der Waals surface area contributed by atoms with Gasteiger partial charge in [-0.1, -0.05) is 42.5 Å². The van der Waals surface area contributed by atoms with Crippen molar-refractivity contribution < 1.29 is 13.2 Å². The molecule has 1 saturated heterocycles. The average Bonchev–Trinajstić information content (AvgIpc) is 2.69. The van der Waals surface area contributed by atoms with Gasteiger partial charge in [0.15, 0.2) is 0 Å². The molecule has 0 unspecified atom stereocenters. The highest BCUT2D eigenvalue weighted by molar-refractivity contribution is 7.89. The lowest BCUT2D eigenvalue weighted by Crippen LogP contribution is -2.48. The Balaban J connectivity index is 1.58. The van der Waals surface area contributed by atoms with E-state index >= 15 is 0 Å². The van der Waals surface area contributed by atoms with Gasteiger partial charge in [-0.05, 0) is 36.2 Å². The number of ether oxygens (including phenoxy) is 1. The number of sulfonamides is 1. The number of methoxy groups -OCH3 is 1. The van der Waals surface area contributed by atoms with E-state index in [1.54, 1.807) is 29.6 Å². The van der Waals surface area contributed by atoms with Crippen molar-refractivity contribution in [3.63, 3.8) is 0 Å². The Labute approximate surface area is 161 Å². The first-order chi connectivity index (χ1) is 13.0. The monoisotopic (exact) mass is 386 g/mol. The summed E-state index contributed by atoms with van der Waals surface area (Å²) in [4.78, 5) is 2.60. The fraction of sp³-hybridized carbons (Fsp3) is 0.333. The third-order valence-corrected chi connectivity index (χ3v) is 6.70. The second-order valence-electron chi connectivity index (χ2n) is 6.65. The highest BCUT2D eigenvalue weighted by Crippen LogP contribution is 2.24. The summed E-state index contributed by atoms with van der Waals surface area (Å²) in [5.41, 5.74) is 2.00. The predicted molar refractivity (Wildman–Crippen MR) is 108 cm³/mol. The first kappa shape index (κ1) is 19.6. The van der Waals surface area contributed by atoms with Gasteiger partial charge in [0.2, 0.25) is 10.0 Å². The second kappa shape index (κ2) is 8.69. The Kier molecular flexibility index (Phi) is 6.31. The summed E-state index contributed by atoms with van der Waals surface area (Å²) in [6.45, 7) is 5.15. The lowest BCUT2D eigenvalue weighted by atomic mass is 10.2. The third-order valence-electron chi connectivity index (χ3n) is 4.81. The maximum absolute atomic E-state index is 12.9. The molecule has 6 heteroatoms. The Hall–Kier alpha value is -2.15. The van der Waals surface area contributed by atoms with Crippen LogP contribution in [0.25, 0.3) is 6.08 Å². The fourth-order valence-corrected chi connectivity index (χ4v) is 4.72. The zero-order valence-corrected chi connectivity index (χ0v) is 16.7. The van der Waals surface area contributed by atoms with Gasteiger partial charge in [-0.25, -0.2) is 8.42 Å². The molecule has 0 amide bonds. The van der Waals surface area contributed by atoms with E-state index in [1.807, 2.05) is 25.1 Å². The Morgan fingerprint density at radius 2 is 1.74 bits per heavy atom. The van der Waals surface area contributed by atoms with Crippen molar-refractivity contribution in [3.05, 3.63) is 65.7 Å². The molecule has 2 aromatic rings. The summed E-state index contributed by atoms with van der Waals surface area (Å²) in [6, 6.07) is 15.2. The molecular weight excluding hydrogens is 360 g/mol. The minimum atomic E-state index is -3.46. The summed E-state index contributed by atoms with van der Waals surface area (Å²) < 4.78 is 32.6. The smallest absolute Gasteiger partial charge is 0.243 e. The zero-order chi connectivity index (χ0) is 19.3. The number of benzene rings is 2. The minimum absolute atomic E-state index is 0.332. The maximum atomic E-state index is 12.9. The highest BCUT2D eigenvalue weighted by Gasteiger charge is 2.28. The van der Waals surface area contributed by atoms with Crippen molar-refractivity contribution in [3.8, 4) is 5.75 Å². The Morgan fingerprint density at radius 1 is 1.04 bits per heavy atom. The molecule has 0 aliphatic carbocycles.